The van der Waals surface area contributed by atoms with Gasteiger partial charge in [-0.15, -0.1) is 0 Å². The summed E-state index contributed by atoms with van der Waals surface area (Å²) >= 11 is 0. The molecule has 24 heavy (non-hydrogen) atoms. The van der Waals surface area contributed by atoms with Crippen molar-refractivity contribution in [3.8, 4) is 0 Å². The van der Waals surface area contributed by atoms with Gasteiger partial charge in [0.2, 0.25) is 5.95 Å². The van der Waals surface area contributed by atoms with Crippen LogP contribution in [0.15, 0.2) is 42.7 Å². The smallest absolute Gasteiger partial charge is 0.254 e. The molecule has 1 heterocycles. The number of nitrogens with zero attached hydrogens (tertiary/aromatic N) is 2. The highest BCUT2D eigenvalue weighted by molar-refractivity contribution is 5.93. The Hall–Kier alpha value is -2.43. The molecule has 1 aromatic heterocycles. The number of nitrogens with one attached hydrogen (secondary N) is 2. The van der Waals surface area contributed by atoms with Crippen LogP contribution in [0.2, 0.25) is 0 Å². The first-order valence-corrected chi connectivity index (χ1v) is 8.72. The molecule has 1 fully saturated rings. The Morgan fingerprint density at radius 3 is 2.50 bits per heavy atom. The van der Waals surface area contributed by atoms with Crippen LogP contribution in [0.1, 0.15) is 48.0 Å². The molecule has 1 aliphatic carbocycles. The summed E-state index contributed by atoms with van der Waals surface area (Å²) in [5, 5.41) is 6.25. The number of amides is 1. The number of anilines is 1. The van der Waals surface area contributed by atoms with Gasteiger partial charge in [0.15, 0.2) is 0 Å². The zero-order valence-electron chi connectivity index (χ0n) is 13.9. The quantitative estimate of drug-likeness (QED) is 0.768. The predicted molar refractivity (Wildman–Crippen MR) is 95.0 cm³/mol. The Morgan fingerprint density at radius 2 is 1.79 bits per heavy atom. The van der Waals surface area contributed by atoms with Crippen molar-refractivity contribution in [1.82, 2.24) is 15.3 Å². The van der Waals surface area contributed by atoms with Gasteiger partial charge in [-0.2, -0.15) is 0 Å². The Balaban J connectivity index is 1.41. The van der Waals surface area contributed by atoms with Crippen molar-refractivity contribution in [3.63, 3.8) is 0 Å². The van der Waals surface area contributed by atoms with E-state index in [9.17, 15) is 4.79 Å². The predicted octanol–water partition coefficient (Wildman–Crippen LogP) is 3.19. The lowest BCUT2D eigenvalue weighted by atomic mass is 10.1. The summed E-state index contributed by atoms with van der Waals surface area (Å²) in [6, 6.07) is 10.8. The molecule has 0 aliphatic heterocycles. The molecule has 0 spiro atoms. The van der Waals surface area contributed by atoms with Crippen LogP contribution in [0.5, 0.6) is 0 Å². The zero-order valence-corrected chi connectivity index (χ0v) is 13.9. The van der Waals surface area contributed by atoms with Crippen molar-refractivity contribution in [2.45, 2.75) is 44.6 Å². The molecular formula is C19H24N4O. The van der Waals surface area contributed by atoms with Gasteiger partial charge in [-0.05, 0) is 31.2 Å². The summed E-state index contributed by atoms with van der Waals surface area (Å²) in [6.07, 6.45) is 9.94. The lowest BCUT2D eigenvalue weighted by molar-refractivity contribution is 0.0952. The van der Waals surface area contributed by atoms with E-state index in [1.165, 1.54) is 31.2 Å². The van der Waals surface area contributed by atoms with E-state index in [0.717, 1.165) is 12.8 Å². The number of benzene rings is 1. The summed E-state index contributed by atoms with van der Waals surface area (Å²) in [7, 11) is 0. The molecule has 0 unspecified atom stereocenters. The van der Waals surface area contributed by atoms with Gasteiger partial charge in [0, 0.05) is 25.0 Å². The molecule has 1 aromatic carbocycles. The average Bonchev–Trinajstić information content (AvgIpc) is 3.13. The van der Waals surface area contributed by atoms with Crippen molar-refractivity contribution in [3.05, 3.63) is 53.9 Å². The highest BCUT2D eigenvalue weighted by Crippen LogP contribution is 2.20. The number of rotatable bonds is 7. The number of carbonyl (C=O) groups excluding carboxylic acids is 1. The zero-order chi connectivity index (χ0) is 16.6. The van der Waals surface area contributed by atoms with Crippen LogP contribution in [0.4, 0.5) is 5.95 Å². The first-order valence-electron chi connectivity index (χ1n) is 8.72. The number of hydrogen-bond acceptors (Lipinski definition) is 4. The fraction of sp³-hybridized carbons (Fsp3) is 0.421. The van der Waals surface area contributed by atoms with Crippen LogP contribution in [-0.2, 0) is 6.42 Å². The Labute approximate surface area is 142 Å². The van der Waals surface area contributed by atoms with Crippen LogP contribution in [0, 0.1) is 0 Å². The van der Waals surface area contributed by atoms with Crippen molar-refractivity contribution in [2.75, 3.05) is 11.9 Å². The van der Waals surface area contributed by atoms with E-state index in [1.807, 2.05) is 18.2 Å². The molecule has 0 saturated heterocycles. The standard InChI is InChI=1S/C19H24N4O/c24-18(20-12-6-9-15-7-2-1-3-8-15)16-13-21-19(22-14-16)23-17-10-4-5-11-17/h1-3,7-8,13-14,17H,4-6,9-12H2,(H,20,24)(H,21,22,23). The number of aryl methyl sites for hydroxylation is 1. The second-order valence-corrected chi connectivity index (χ2v) is 6.27. The minimum Gasteiger partial charge on any atom is -0.352 e. The second-order valence-electron chi connectivity index (χ2n) is 6.27. The molecule has 1 amide bonds. The fourth-order valence-electron chi connectivity index (χ4n) is 3.01. The number of carbonyl (C=O) groups is 1. The van der Waals surface area contributed by atoms with Gasteiger partial charge in [0.1, 0.15) is 0 Å². The van der Waals surface area contributed by atoms with E-state index in [1.54, 1.807) is 12.4 Å². The van der Waals surface area contributed by atoms with Crippen LogP contribution < -0.4 is 10.6 Å². The molecule has 0 radical (unpaired) electrons. The first-order chi connectivity index (χ1) is 11.8. The van der Waals surface area contributed by atoms with Gasteiger partial charge in [0.25, 0.3) is 5.91 Å². The van der Waals surface area contributed by atoms with Gasteiger partial charge >= 0.3 is 0 Å². The van der Waals surface area contributed by atoms with E-state index >= 15 is 0 Å². The van der Waals surface area contributed by atoms with Gasteiger partial charge in [0.05, 0.1) is 5.56 Å². The van der Waals surface area contributed by atoms with Gasteiger partial charge in [-0.25, -0.2) is 9.97 Å². The summed E-state index contributed by atoms with van der Waals surface area (Å²) in [4.78, 5) is 20.6. The molecule has 5 heteroatoms. The molecule has 5 nitrogen and oxygen atoms in total. The molecule has 2 N–H and O–H groups in total. The van der Waals surface area contributed by atoms with Crippen LogP contribution in [0.25, 0.3) is 0 Å². The van der Waals surface area contributed by atoms with Crippen LogP contribution in [-0.4, -0.2) is 28.5 Å². The second kappa shape index (κ2) is 8.43. The number of aromatic nitrogens is 2. The maximum absolute atomic E-state index is 12.1. The Bertz CT molecular complexity index is 636. The SMILES string of the molecule is O=C(NCCCc1ccccc1)c1cnc(NC2CCCC2)nc1. The maximum atomic E-state index is 12.1. The normalized spacial score (nSPS) is 14.5. The summed E-state index contributed by atoms with van der Waals surface area (Å²) in [5.74, 6) is 0.498. The Kier molecular flexibility index (Phi) is 5.77. The molecule has 1 saturated carbocycles. The molecule has 0 atom stereocenters. The largest absolute Gasteiger partial charge is 0.352 e. The Morgan fingerprint density at radius 1 is 1.08 bits per heavy atom. The monoisotopic (exact) mass is 324 g/mol. The maximum Gasteiger partial charge on any atom is 0.254 e. The topological polar surface area (TPSA) is 66.9 Å². The molecule has 126 valence electrons. The van der Waals surface area contributed by atoms with E-state index in [4.69, 9.17) is 0 Å². The van der Waals surface area contributed by atoms with Crippen LogP contribution >= 0.6 is 0 Å². The third kappa shape index (κ3) is 4.78. The van der Waals surface area contributed by atoms with Crippen molar-refractivity contribution >= 4 is 11.9 Å². The first kappa shape index (κ1) is 16.4. The van der Waals surface area contributed by atoms with Gasteiger partial charge < -0.3 is 10.6 Å². The summed E-state index contributed by atoms with van der Waals surface area (Å²) < 4.78 is 0. The lowest BCUT2D eigenvalue weighted by Gasteiger charge is -2.11. The molecule has 3 rings (SSSR count). The highest BCUT2D eigenvalue weighted by atomic mass is 16.1. The van der Waals surface area contributed by atoms with Crippen LogP contribution in [0.3, 0.4) is 0 Å². The summed E-state index contributed by atoms with van der Waals surface area (Å²) in [5.41, 5.74) is 1.80. The molecule has 1 aliphatic rings. The molecule has 0 bridgehead atoms. The third-order valence-corrected chi connectivity index (χ3v) is 4.37. The lowest BCUT2D eigenvalue weighted by Crippen LogP contribution is -2.25. The van der Waals surface area contributed by atoms with Gasteiger partial charge in [-0.3, -0.25) is 4.79 Å². The summed E-state index contributed by atoms with van der Waals surface area (Å²) in [6.45, 7) is 0.649. The average molecular weight is 324 g/mol. The number of hydrogen-bond donors (Lipinski definition) is 2. The fourth-order valence-corrected chi connectivity index (χ4v) is 3.01. The van der Waals surface area contributed by atoms with Crippen molar-refractivity contribution < 1.29 is 4.79 Å². The minimum atomic E-state index is -0.115. The van der Waals surface area contributed by atoms with E-state index in [2.05, 4.69) is 32.7 Å². The molecular weight excluding hydrogens is 300 g/mol. The van der Waals surface area contributed by atoms with Crippen molar-refractivity contribution in [2.24, 2.45) is 0 Å². The minimum absolute atomic E-state index is 0.115. The van der Waals surface area contributed by atoms with E-state index in [-0.39, 0.29) is 5.91 Å². The highest BCUT2D eigenvalue weighted by Gasteiger charge is 2.15. The van der Waals surface area contributed by atoms with E-state index < -0.39 is 0 Å². The van der Waals surface area contributed by atoms with Crippen molar-refractivity contribution in [1.29, 1.82) is 0 Å². The molecule has 2 aromatic rings. The van der Waals surface area contributed by atoms with Gasteiger partial charge in [-0.1, -0.05) is 43.2 Å². The van der Waals surface area contributed by atoms with E-state index in [0.29, 0.717) is 24.1 Å². The third-order valence-electron chi connectivity index (χ3n) is 4.37.